The first-order chi connectivity index (χ1) is 6.88. The average molecular weight is 217 g/mol. The minimum Gasteiger partial charge on any atom is -0.439 e. The number of carbonyl (C=O) groups excluding carboxylic acids is 2. The quantitative estimate of drug-likeness (QED) is 0.309. The molecule has 3 N–H and O–H groups in total. The molecule has 2 unspecified atom stereocenters. The number of aliphatic hydroxyl groups excluding tert-OH is 2. The van der Waals surface area contributed by atoms with E-state index < -0.39 is 30.8 Å². The van der Waals surface area contributed by atoms with Crippen LogP contribution in [0.3, 0.4) is 0 Å². The molecule has 1 amide bonds. The maximum Gasteiger partial charge on any atom is 0.335 e. The predicted octanol–water partition coefficient (Wildman–Crippen LogP) is -1.08. The lowest BCUT2D eigenvalue weighted by Gasteiger charge is -2.16. The Bertz CT molecular complexity index is 263. The summed E-state index contributed by atoms with van der Waals surface area (Å²) >= 11 is 0. The second-order valence-corrected chi connectivity index (χ2v) is 3.03. The summed E-state index contributed by atoms with van der Waals surface area (Å²) in [5.41, 5.74) is 0.207. The monoisotopic (exact) mass is 217 g/mol. The predicted molar refractivity (Wildman–Crippen MR) is 51.6 cm³/mol. The number of ether oxygens (including phenoxy) is 1. The largest absolute Gasteiger partial charge is 0.439 e. The van der Waals surface area contributed by atoms with Crippen LogP contribution in [0.2, 0.25) is 0 Å². The highest BCUT2D eigenvalue weighted by atomic mass is 16.6. The van der Waals surface area contributed by atoms with Crippen LogP contribution >= 0.6 is 0 Å². The summed E-state index contributed by atoms with van der Waals surface area (Å²) < 4.78 is 4.71. The standard InChI is InChI=1S/C9H15NO5/c1-5(2)9(14)15-6(3)10-8(13)7(12)4-11/h6-7,11-12H,1,4H2,2-3H3,(H,10,13). The Hall–Kier alpha value is -1.40. The van der Waals surface area contributed by atoms with Gasteiger partial charge in [-0.15, -0.1) is 0 Å². The van der Waals surface area contributed by atoms with Crippen molar-refractivity contribution >= 4 is 11.9 Å². The van der Waals surface area contributed by atoms with Crippen molar-refractivity contribution in [3.8, 4) is 0 Å². The zero-order valence-electron chi connectivity index (χ0n) is 8.69. The minimum atomic E-state index is -1.52. The number of nitrogens with one attached hydrogen (secondary N) is 1. The highest BCUT2D eigenvalue weighted by molar-refractivity contribution is 5.87. The Morgan fingerprint density at radius 1 is 1.53 bits per heavy atom. The molecule has 0 radical (unpaired) electrons. The Labute approximate surface area is 87.5 Å². The van der Waals surface area contributed by atoms with Gasteiger partial charge in [0.2, 0.25) is 0 Å². The van der Waals surface area contributed by atoms with Gasteiger partial charge < -0.3 is 20.3 Å². The van der Waals surface area contributed by atoms with E-state index in [9.17, 15) is 9.59 Å². The van der Waals surface area contributed by atoms with Gasteiger partial charge in [0, 0.05) is 5.57 Å². The van der Waals surface area contributed by atoms with E-state index in [1.54, 1.807) is 0 Å². The van der Waals surface area contributed by atoms with Crippen LogP contribution in [-0.4, -0.2) is 41.0 Å². The smallest absolute Gasteiger partial charge is 0.335 e. The van der Waals surface area contributed by atoms with E-state index in [0.29, 0.717) is 0 Å². The summed E-state index contributed by atoms with van der Waals surface area (Å²) in [6.07, 6.45) is -2.40. The lowest BCUT2D eigenvalue weighted by molar-refractivity contribution is -0.148. The van der Waals surface area contributed by atoms with E-state index >= 15 is 0 Å². The lowest BCUT2D eigenvalue weighted by Crippen LogP contribution is -2.43. The van der Waals surface area contributed by atoms with Gasteiger partial charge in [0.05, 0.1) is 6.61 Å². The van der Waals surface area contributed by atoms with Crippen molar-refractivity contribution in [1.29, 1.82) is 0 Å². The van der Waals surface area contributed by atoms with Crippen LogP contribution in [0.1, 0.15) is 13.8 Å². The summed E-state index contributed by atoms with van der Waals surface area (Å²) in [6, 6.07) is 0. The van der Waals surface area contributed by atoms with Crippen molar-refractivity contribution in [2.75, 3.05) is 6.61 Å². The molecule has 0 fully saturated rings. The summed E-state index contributed by atoms with van der Waals surface area (Å²) in [6.45, 7) is 5.57. The van der Waals surface area contributed by atoms with E-state index in [4.69, 9.17) is 14.9 Å². The molecule has 0 saturated heterocycles. The molecule has 86 valence electrons. The molecule has 0 heterocycles. The number of esters is 1. The molecule has 0 rings (SSSR count). The van der Waals surface area contributed by atoms with Gasteiger partial charge in [0.25, 0.3) is 5.91 Å². The Morgan fingerprint density at radius 2 is 2.07 bits per heavy atom. The molecule has 0 spiro atoms. The first kappa shape index (κ1) is 13.6. The fourth-order valence-electron chi connectivity index (χ4n) is 0.670. The van der Waals surface area contributed by atoms with Crippen LogP contribution in [0.4, 0.5) is 0 Å². The van der Waals surface area contributed by atoms with Gasteiger partial charge in [-0.3, -0.25) is 4.79 Å². The van der Waals surface area contributed by atoms with Gasteiger partial charge in [-0.2, -0.15) is 0 Å². The molecule has 0 aromatic carbocycles. The van der Waals surface area contributed by atoms with Crippen molar-refractivity contribution < 1.29 is 24.5 Å². The van der Waals surface area contributed by atoms with Gasteiger partial charge in [0.15, 0.2) is 12.3 Å². The van der Waals surface area contributed by atoms with Crippen LogP contribution in [0.25, 0.3) is 0 Å². The second kappa shape index (κ2) is 6.15. The van der Waals surface area contributed by atoms with Crippen LogP contribution in [-0.2, 0) is 14.3 Å². The second-order valence-electron chi connectivity index (χ2n) is 3.03. The van der Waals surface area contributed by atoms with Gasteiger partial charge >= 0.3 is 5.97 Å². The number of hydrogen-bond acceptors (Lipinski definition) is 5. The molecule has 2 atom stereocenters. The van der Waals surface area contributed by atoms with E-state index in [1.807, 2.05) is 0 Å². The third-order valence-electron chi connectivity index (χ3n) is 1.45. The zero-order chi connectivity index (χ0) is 12.0. The van der Waals surface area contributed by atoms with Crippen LogP contribution in [0.15, 0.2) is 12.2 Å². The third kappa shape index (κ3) is 5.14. The molecule has 0 aliphatic carbocycles. The van der Waals surface area contributed by atoms with Crippen LogP contribution in [0, 0.1) is 0 Å². The van der Waals surface area contributed by atoms with E-state index in [-0.39, 0.29) is 5.57 Å². The maximum atomic E-state index is 11.0. The molecular formula is C9H15NO5. The van der Waals surface area contributed by atoms with Crippen molar-refractivity contribution in [1.82, 2.24) is 5.32 Å². The zero-order valence-corrected chi connectivity index (χ0v) is 8.69. The average Bonchev–Trinajstić information content (AvgIpc) is 2.15. The third-order valence-corrected chi connectivity index (χ3v) is 1.45. The van der Waals surface area contributed by atoms with Gasteiger partial charge in [0.1, 0.15) is 0 Å². The minimum absolute atomic E-state index is 0.207. The maximum absolute atomic E-state index is 11.0. The Balaban J connectivity index is 4.04. The topological polar surface area (TPSA) is 95.9 Å². The molecule has 0 saturated carbocycles. The van der Waals surface area contributed by atoms with Gasteiger partial charge in [-0.25, -0.2) is 4.79 Å². The number of aliphatic hydroxyl groups is 2. The highest BCUT2D eigenvalue weighted by Gasteiger charge is 2.17. The molecule has 0 aliphatic rings. The summed E-state index contributed by atoms with van der Waals surface area (Å²) in [5, 5.41) is 19.5. The molecule has 0 aromatic heterocycles. The van der Waals surface area contributed by atoms with E-state index in [0.717, 1.165) is 0 Å². The first-order valence-electron chi connectivity index (χ1n) is 4.34. The van der Waals surface area contributed by atoms with Crippen molar-refractivity contribution in [3.05, 3.63) is 12.2 Å². The molecule has 6 heteroatoms. The van der Waals surface area contributed by atoms with Crippen LogP contribution < -0.4 is 5.32 Å². The molecule has 15 heavy (non-hydrogen) atoms. The Kier molecular flexibility index (Phi) is 5.58. The number of rotatable bonds is 5. The van der Waals surface area contributed by atoms with Crippen molar-refractivity contribution in [2.24, 2.45) is 0 Å². The lowest BCUT2D eigenvalue weighted by atomic mass is 10.3. The fourth-order valence-corrected chi connectivity index (χ4v) is 0.670. The summed E-state index contributed by atoms with van der Waals surface area (Å²) in [4.78, 5) is 22.0. The molecule has 6 nitrogen and oxygen atoms in total. The van der Waals surface area contributed by atoms with Gasteiger partial charge in [-0.1, -0.05) is 6.58 Å². The number of amides is 1. The molecule has 0 bridgehead atoms. The Morgan fingerprint density at radius 3 is 2.47 bits per heavy atom. The fraction of sp³-hybridized carbons (Fsp3) is 0.556. The first-order valence-corrected chi connectivity index (χ1v) is 4.34. The highest BCUT2D eigenvalue weighted by Crippen LogP contribution is 1.96. The normalized spacial score (nSPS) is 13.9. The molecule has 0 aliphatic heterocycles. The summed E-state index contributed by atoms with van der Waals surface area (Å²) in [5.74, 6) is -1.44. The number of carbonyl (C=O) groups is 2. The molecular weight excluding hydrogens is 202 g/mol. The van der Waals surface area contributed by atoms with Crippen molar-refractivity contribution in [2.45, 2.75) is 26.2 Å². The van der Waals surface area contributed by atoms with Gasteiger partial charge in [-0.05, 0) is 13.8 Å². The van der Waals surface area contributed by atoms with Crippen molar-refractivity contribution in [3.63, 3.8) is 0 Å². The summed E-state index contributed by atoms with van der Waals surface area (Å²) in [7, 11) is 0. The SMILES string of the molecule is C=C(C)C(=O)OC(C)NC(=O)C(O)CO. The van der Waals surface area contributed by atoms with E-state index in [1.165, 1.54) is 13.8 Å². The van der Waals surface area contributed by atoms with E-state index in [2.05, 4.69) is 11.9 Å². The molecule has 0 aromatic rings. The number of hydrogen-bond donors (Lipinski definition) is 3. The van der Waals surface area contributed by atoms with Crippen LogP contribution in [0.5, 0.6) is 0 Å².